The number of aliphatic hydroxyl groups excluding tert-OH is 1. The zero-order valence-corrected chi connectivity index (χ0v) is 7.01. The van der Waals surface area contributed by atoms with Crippen LogP contribution in [0.15, 0.2) is 23.1 Å². The fraction of sp³-hybridized carbons (Fsp3) is 0.250. The summed E-state index contributed by atoms with van der Waals surface area (Å²) in [6.07, 6.45) is 0.661. The van der Waals surface area contributed by atoms with Crippen LogP contribution in [0.5, 0.6) is 0 Å². The van der Waals surface area contributed by atoms with Crippen LogP contribution >= 0.6 is 12.6 Å². The molecule has 1 rings (SSSR count). The van der Waals surface area contributed by atoms with E-state index in [2.05, 4.69) is 12.6 Å². The molecule has 0 unspecified atom stereocenters. The van der Waals surface area contributed by atoms with Crippen molar-refractivity contribution in [3.8, 4) is 0 Å². The third kappa shape index (κ3) is 2.13. The Labute approximate surface area is 71.5 Å². The van der Waals surface area contributed by atoms with Gasteiger partial charge in [0.05, 0.1) is 0 Å². The van der Waals surface area contributed by atoms with Crippen molar-refractivity contribution in [2.75, 3.05) is 12.3 Å². The molecule has 0 atom stereocenters. The summed E-state index contributed by atoms with van der Waals surface area (Å²) < 4.78 is 0. The van der Waals surface area contributed by atoms with Gasteiger partial charge in [-0.2, -0.15) is 0 Å². The van der Waals surface area contributed by atoms with Gasteiger partial charge in [0, 0.05) is 17.2 Å². The lowest BCUT2D eigenvalue weighted by atomic mass is 10.1. The maximum absolute atomic E-state index is 8.62. The molecule has 0 bridgehead atoms. The number of anilines is 1. The van der Waals surface area contributed by atoms with Crippen molar-refractivity contribution < 1.29 is 5.11 Å². The highest BCUT2D eigenvalue weighted by Gasteiger charge is 1.95. The van der Waals surface area contributed by atoms with Gasteiger partial charge in [0.25, 0.3) is 0 Å². The van der Waals surface area contributed by atoms with E-state index in [1.165, 1.54) is 0 Å². The Kier molecular flexibility index (Phi) is 2.79. The maximum Gasteiger partial charge on any atom is 0.0471 e. The number of aliphatic hydroxyl groups is 1. The van der Waals surface area contributed by atoms with Crippen molar-refractivity contribution in [1.29, 1.82) is 0 Å². The first-order valence-corrected chi connectivity index (χ1v) is 3.87. The largest absolute Gasteiger partial charge is 0.398 e. The van der Waals surface area contributed by atoms with Gasteiger partial charge in [-0.1, -0.05) is 6.07 Å². The van der Waals surface area contributed by atoms with Crippen molar-refractivity contribution in [2.45, 2.75) is 11.3 Å². The van der Waals surface area contributed by atoms with Gasteiger partial charge in [-0.25, -0.2) is 0 Å². The molecule has 0 aliphatic rings. The van der Waals surface area contributed by atoms with Crippen molar-refractivity contribution in [3.05, 3.63) is 23.8 Å². The Bertz CT molecular complexity index is 250. The third-order valence-electron chi connectivity index (χ3n) is 1.50. The molecule has 0 aliphatic heterocycles. The molecule has 1 aromatic carbocycles. The fourth-order valence-electron chi connectivity index (χ4n) is 0.874. The molecule has 3 heteroatoms. The minimum absolute atomic E-state index is 0.164. The predicted molar refractivity (Wildman–Crippen MR) is 48.9 cm³/mol. The molecule has 0 fully saturated rings. The summed E-state index contributed by atoms with van der Waals surface area (Å²) in [5.41, 5.74) is 7.28. The SMILES string of the molecule is Nc1ccc(CCO)cc1S. The van der Waals surface area contributed by atoms with E-state index < -0.39 is 0 Å². The average molecular weight is 169 g/mol. The Morgan fingerprint density at radius 2 is 2.18 bits per heavy atom. The second-order valence-electron chi connectivity index (χ2n) is 2.37. The van der Waals surface area contributed by atoms with E-state index in [-0.39, 0.29) is 6.61 Å². The highest BCUT2D eigenvalue weighted by Crippen LogP contribution is 2.17. The Hall–Kier alpha value is -0.670. The summed E-state index contributed by atoms with van der Waals surface area (Å²) in [6.45, 7) is 0.164. The Morgan fingerprint density at radius 3 is 2.73 bits per heavy atom. The monoisotopic (exact) mass is 169 g/mol. The molecular formula is C8H11NOS. The first-order chi connectivity index (χ1) is 5.24. The number of nitrogens with two attached hydrogens (primary N) is 1. The molecule has 0 heterocycles. The third-order valence-corrected chi connectivity index (χ3v) is 1.88. The maximum atomic E-state index is 8.62. The van der Waals surface area contributed by atoms with E-state index in [9.17, 15) is 0 Å². The number of rotatable bonds is 2. The van der Waals surface area contributed by atoms with Crippen LogP contribution in [0.25, 0.3) is 0 Å². The molecule has 0 aliphatic carbocycles. The smallest absolute Gasteiger partial charge is 0.0471 e. The zero-order chi connectivity index (χ0) is 8.27. The van der Waals surface area contributed by atoms with E-state index in [1.54, 1.807) is 6.07 Å². The van der Waals surface area contributed by atoms with Crippen molar-refractivity contribution in [2.24, 2.45) is 0 Å². The lowest BCUT2D eigenvalue weighted by Gasteiger charge is -2.01. The van der Waals surface area contributed by atoms with Crippen LogP contribution in [0.2, 0.25) is 0 Å². The lowest BCUT2D eigenvalue weighted by Crippen LogP contribution is -1.92. The summed E-state index contributed by atoms with van der Waals surface area (Å²) in [5, 5.41) is 8.62. The molecule has 3 N–H and O–H groups in total. The number of hydrogen-bond acceptors (Lipinski definition) is 3. The molecule has 0 radical (unpaired) electrons. The van der Waals surface area contributed by atoms with Gasteiger partial charge in [-0.3, -0.25) is 0 Å². The molecule has 0 saturated heterocycles. The first kappa shape index (κ1) is 8.43. The first-order valence-electron chi connectivity index (χ1n) is 3.42. The molecular weight excluding hydrogens is 158 g/mol. The number of hydrogen-bond donors (Lipinski definition) is 3. The quantitative estimate of drug-likeness (QED) is 0.458. The molecule has 2 nitrogen and oxygen atoms in total. The van der Waals surface area contributed by atoms with Gasteiger partial charge in [0.2, 0.25) is 0 Å². The van der Waals surface area contributed by atoms with Gasteiger partial charge in [-0.05, 0) is 24.1 Å². The van der Waals surface area contributed by atoms with Gasteiger partial charge in [0.1, 0.15) is 0 Å². The molecule has 1 aromatic rings. The van der Waals surface area contributed by atoms with Gasteiger partial charge in [0.15, 0.2) is 0 Å². The van der Waals surface area contributed by atoms with Gasteiger partial charge in [-0.15, -0.1) is 12.6 Å². The van der Waals surface area contributed by atoms with Crippen LogP contribution in [0.3, 0.4) is 0 Å². The summed E-state index contributed by atoms with van der Waals surface area (Å²) in [6, 6.07) is 5.56. The number of thiol groups is 1. The van der Waals surface area contributed by atoms with E-state index in [4.69, 9.17) is 10.8 Å². The predicted octanol–water partition coefficient (Wildman–Crippen LogP) is 1.09. The van der Waals surface area contributed by atoms with Crippen molar-refractivity contribution >= 4 is 18.3 Å². The van der Waals surface area contributed by atoms with Crippen LogP contribution in [0, 0.1) is 0 Å². The van der Waals surface area contributed by atoms with Crippen molar-refractivity contribution in [1.82, 2.24) is 0 Å². The molecule has 0 aromatic heterocycles. The highest BCUT2D eigenvalue weighted by atomic mass is 32.1. The fourth-order valence-corrected chi connectivity index (χ4v) is 1.11. The standard InChI is InChI=1S/C8H11NOS/c9-7-2-1-6(3-4-10)5-8(7)11/h1-2,5,10-11H,3-4,9H2. The van der Waals surface area contributed by atoms with Gasteiger partial charge >= 0.3 is 0 Å². The summed E-state index contributed by atoms with van der Waals surface area (Å²) in [5.74, 6) is 0. The molecule has 0 amide bonds. The van der Waals surface area contributed by atoms with E-state index in [0.29, 0.717) is 12.1 Å². The van der Waals surface area contributed by atoms with E-state index in [0.717, 1.165) is 10.5 Å². The van der Waals surface area contributed by atoms with Crippen molar-refractivity contribution in [3.63, 3.8) is 0 Å². The Morgan fingerprint density at radius 1 is 1.45 bits per heavy atom. The van der Waals surface area contributed by atoms with Gasteiger partial charge < -0.3 is 10.8 Å². The molecule has 11 heavy (non-hydrogen) atoms. The second-order valence-corrected chi connectivity index (χ2v) is 2.85. The molecule has 0 saturated carbocycles. The van der Waals surface area contributed by atoms with Crippen LogP contribution in [0.1, 0.15) is 5.56 Å². The van der Waals surface area contributed by atoms with E-state index in [1.807, 2.05) is 12.1 Å². The summed E-state index contributed by atoms with van der Waals surface area (Å²) >= 11 is 4.15. The van der Waals surface area contributed by atoms with Crippen LogP contribution in [0.4, 0.5) is 5.69 Å². The summed E-state index contributed by atoms with van der Waals surface area (Å²) in [7, 11) is 0. The normalized spacial score (nSPS) is 10.0. The number of benzene rings is 1. The molecule has 0 spiro atoms. The van der Waals surface area contributed by atoms with Crippen LogP contribution in [-0.2, 0) is 6.42 Å². The molecule has 60 valence electrons. The minimum atomic E-state index is 0.164. The zero-order valence-electron chi connectivity index (χ0n) is 6.12. The van der Waals surface area contributed by atoms with Crippen LogP contribution < -0.4 is 5.73 Å². The minimum Gasteiger partial charge on any atom is -0.398 e. The topological polar surface area (TPSA) is 46.2 Å². The summed E-state index contributed by atoms with van der Waals surface area (Å²) in [4.78, 5) is 0.774. The lowest BCUT2D eigenvalue weighted by molar-refractivity contribution is 0.299. The number of nitrogen functional groups attached to an aromatic ring is 1. The Balaban J connectivity index is 2.86. The van der Waals surface area contributed by atoms with Crippen LogP contribution in [-0.4, -0.2) is 11.7 Å². The average Bonchev–Trinajstić information content (AvgIpc) is 1.98. The second kappa shape index (κ2) is 3.64. The van der Waals surface area contributed by atoms with E-state index >= 15 is 0 Å². The highest BCUT2D eigenvalue weighted by molar-refractivity contribution is 7.80.